The van der Waals surface area contributed by atoms with E-state index in [9.17, 15) is 0 Å². The van der Waals surface area contributed by atoms with Gasteiger partial charge in [0.1, 0.15) is 7.85 Å². The van der Waals surface area contributed by atoms with E-state index in [0.29, 0.717) is 0 Å². The van der Waals surface area contributed by atoms with Crippen molar-refractivity contribution in [2.24, 2.45) is 0 Å². The van der Waals surface area contributed by atoms with Gasteiger partial charge in [-0.2, -0.15) is 0 Å². The first-order chi connectivity index (χ1) is 4.81. The molecule has 0 rings (SSSR count). The minimum atomic E-state index is 0.919. The van der Waals surface area contributed by atoms with Gasteiger partial charge in [0.15, 0.2) is 0 Å². The first-order valence-electron chi connectivity index (χ1n) is 3.41. The van der Waals surface area contributed by atoms with E-state index in [1.807, 2.05) is 21.0 Å². The number of likely N-dealkylation sites (N-methyl/N-ethyl adjacent to an activating group) is 1. The van der Waals surface area contributed by atoms with E-state index >= 15 is 0 Å². The van der Waals surface area contributed by atoms with Crippen LogP contribution in [-0.2, 0) is 0 Å². The van der Waals surface area contributed by atoms with Gasteiger partial charge in [-0.15, -0.1) is 0 Å². The van der Waals surface area contributed by atoms with Gasteiger partial charge in [-0.05, 0) is 7.05 Å². The molecule has 0 aromatic heterocycles. The van der Waals surface area contributed by atoms with Crippen LogP contribution in [0.25, 0.3) is 0 Å². The van der Waals surface area contributed by atoms with Crippen LogP contribution < -0.4 is 5.32 Å². The Hall–Kier alpha value is -0.755. The Bertz CT molecular complexity index is 147. The minimum absolute atomic E-state index is 0.919. The van der Waals surface area contributed by atoms with Crippen molar-refractivity contribution in [2.45, 2.75) is 0 Å². The highest BCUT2D eigenvalue weighted by molar-refractivity contribution is 6.23. The lowest BCUT2D eigenvalue weighted by Gasteiger charge is -1.89. The molecule has 0 saturated heterocycles. The molecule has 2 heteroatoms. The summed E-state index contributed by atoms with van der Waals surface area (Å²) in [4.78, 5) is 0. The van der Waals surface area contributed by atoms with Gasteiger partial charge < -0.3 is 5.32 Å². The second kappa shape index (κ2) is 6.37. The Kier molecular flexibility index (Phi) is 5.89. The summed E-state index contributed by atoms with van der Waals surface area (Å²) >= 11 is 0. The van der Waals surface area contributed by atoms with E-state index in [4.69, 9.17) is 0 Å². The molecule has 0 aromatic rings. The molecule has 0 saturated carbocycles. The lowest BCUT2D eigenvalue weighted by Crippen LogP contribution is -2.03. The standard InChI is InChI=1S/C8H14BN/c1-3-5-8(9)6-4-7-10-2/h3-6,10H,1,7,9H2,2H3/b6-4-,8-5+. The van der Waals surface area contributed by atoms with Crippen molar-refractivity contribution < 1.29 is 0 Å². The first-order valence-corrected chi connectivity index (χ1v) is 3.41. The molecule has 54 valence electrons. The summed E-state index contributed by atoms with van der Waals surface area (Å²) in [5.41, 5.74) is 1.23. The van der Waals surface area contributed by atoms with Crippen LogP contribution in [0.5, 0.6) is 0 Å². The Labute approximate surface area is 63.9 Å². The molecule has 0 radical (unpaired) electrons. The van der Waals surface area contributed by atoms with Gasteiger partial charge >= 0.3 is 0 Å². The summed E-state index contributed by atoms with van der Waals surface area (Å²) in [5, 5.41) is 3.03. The van der Waals surface area contributed by atoms with Gasteiger partial charge in [-0.3, -0.25) is 0 Å². The fraction of sp³-hybridized carbons (Fsp3) is 0.250. The molecule has 0 aliphatic rings. The normalized spacial score (nSPS) is 12.3. The van der Waals surface area contributed by atoms with E-state index in [1.54, 1.807) is 6.08 Å². The molecule has 0 atom stereocenters. The number of hydrogen-bond acceptors (Lipinski definition) is 1. The van der Waals surface area contributed by atoms with Crippen LogP contribution in [0.2, 0.25) is 0 Å². The van der Waals surface area contributed by atoms with Gasteiger partial charge in [-0.25, -0.2) is 0 Å². The van der Waals surface area contributed by atoms with Crippen LogP contribution in [0.4, 0.5) is 0 Å². The van der Waals surface area contributed by atoms with Crippen molar-refractivity contribution in [2.75, 3.05) is 13.6 Å². The maximum Gasteiger partial charge on any atom is 0.139 e. The third kappa shape index (κ3) is 5.38. The van der Waals surface area contributed by atoms with Crippen LogP contribution in [0, 0.1) is 0 Å². The number of nitrogens with one attached hydrogen (secondary N) is 1. The molecule has 0 fully saturated rings. The quantitative estimate of drug-likeness (QED) is 0.436. The average molecular weight is 135 g/mol. The zero-order chi connectivity index (χ0) is 7.82. The molecule has 0 unspecified atom stereocenters. The topological polar surface area (TPSA) is 12.0 Å². The lowest BCUT2D eigenvalue weighted by molar-refractivity contribution is 0.919. The summed E-state index contributed by atoms with van der Waals surface area (Å²) < 4.78 is 0. The van der Waals surface area contributed by atoms with Gasteiger partial charge in [0.05, 0.1) is 0 Å². The second-order valence-electron chi connectivity index (χ2n) is 2.11. The summed E-state index contributed by atoms with van der Waals surface area (Å²) in [5.74, 6) is 0. The van der Waals surface area contributed by atoms with Crippen LogP contribution >= 0.6 is 0 Å². The molecule has 0 amide bonds. The van der Waals surface area contributed by atoms with Crippen molar-refractivity contribution in [1.82, 2.24) is 5.32 Å². The SMILES string of the molecule is BC(/C=C\CNC)=C/C=C. The zero-order valence-electron chi connectivity index (χ0n) is 6.72. The smallest absolute Gasteiger partial charge is 0.139 e. The van der Waals surface area contributed by atoms with Crippen LogP contribution in [-0.4, -0.2) is 21.4 Å². The summed E-state index contributed by atoms with van der Waals surface area (Å²) in [6.45, 7) is 4.52. The molecule has 1 nitrogen and oxygen atoms in total. The molecule has 10 heavy (non-hydrogen) atoms. The molecule has 0 aliphatic carbocycles. The summed E-state index contributed by atoms with van der Waals surface area (Å²) in [6, 6.07) is 0. The third-order valence-electron chi connectivity index (χ3n) is 1.08. The molecular weight excluding hydrogens is 121 g/mol. The van der Waals surface area contributed by atoms with Gasteiger partial charge in [0.25, 0.3) is 0 Å². The predicted molar refractivity (Wildman–Crippen MR) is 49.9 cm³/mol. The molecule has 1 N–H and O–H groups in total. The Morgan fingerprint density at radius 3 is 2.90 bits per heavy atom. The molecule has 0 aliphatic heterocycles. The maximum absolute atomic E-state index is 3.60. The van der Waals surface area contributed by atoms with Crippen LogP contribution in [0.3, 0.4) is 0 Å². The zero-order valence-corrected chi connectivity index (χ0v) is 6.72. The van der Waals surface area contributed by atoms with Crippen molar-refractivity contribution in [3.63, 3.8) is 0 Å². The van der Waals surface area contributed by atoms with E-state index in [0.717, 1.165) is 6.54 Å². The van der Waals surface area contributed by atoms with Crippen molar-refractivity contribution in [1.29, 1.82) is 0 Å². The van der Waals surface area contributed by atoms with E-state index in [1.165, 1.54) is 5.47 Å². The number of allylic oxidation sites excluding steroid dienone is 4. The van der Waals surface area contributed by atoms with E-state index in [2.05, 4.69) is 24.0 Å². The molecule has 0 aromatic carbocycles. The lowest BCUT2D eigenvalue weighted by atomic mass is 9.95. The first kappa shape index (κ1) is 9.24. The molecule has 0 heterocycles. The Morgan fingerprint density at radius 2 is 2.40 bits per heavy atom. The highest BCUT2D eigenvalue weighted by atomic mass is 14.8. The maximum atomic E-state index is 3.60. The fourth-order valence-corrected chi connectivity index (χ4v) is 0.604. The van der Waals surface area contributed by atoms with Gasteiger partial charge in [-0.1, -0.05) is 36.4 Å². The van der Waals surface area contributed by atoms with Crippen LogP contribution in [0.15, 0.2) is 36.4 Å². The summed E-state index contributed by atoms with van der Waals surface area (Å²) in [7, 11) is 3.98. The number of rotatable bonds is 4. The van der Waals surface area contributed by atoms with Gasteiger partial charge in [0, 0.05) is 6.54 Å². The van der Waals surface area contributed by atoms with Crippen molar-refractivity contribution in [3.05, 3.63) is 36.4 Å². The Balaban J connectivity index is 3.65. The average Bonchev–Trinajstić information content (AvgIpc) is 1.89. The third-order valence-corrected chi connectivity index (χ3v) is 1.08. The number of hydrogen-bond donors (Lipinski definition) is 1. The van der Waals surface area contributed by atoms with Crippen molar-refractivity contribution >= 4 is 7.85 Å². The molecular formula is C8H14BN. The minimum Gasteiger partial charge on any atom is -0.316 e. The second-order valence-corrected chi connectivity index (χ2v) is 2.11. The van der Waals surface area contributed by atoms with Crippen molar-refractivity contribution in [3.8, 4) is 0 Å². The Morgan fingerprint density at radius 1 is 1.70 bits per heavy atom. The molecule has 0 bridgehead atoms. The van der Waals surface area contributed by atoms with Gasteiger partial charge in [0.2, 0.25) is 0 Å². The molecule has 0 spiro atoms. The predicted octanol–water partition coefficient (Wildman–Crippen LogP) is 0.465. The van der Waals surface area contributed by atoms with E-state index in [-0.39, 0.29) is 0 Å². The highest BCUT2D eigenvalue weighted by Crippen LogP contribution is 1.88. The summed E-state index contributed by atoms with van der Waals surface area (Å²) in [6.07, 6.45) is 7.92. The fourth-order valence-electron chi connectivity index (χ4n) is 0.604. The van der Waals surface area contributed by atoms with Crippen LogP contribution in [0.1, 0.15) is 0 Å². The van der Waals surface area contributed by atoms with E-state index < -0.39 is 0 Å². The largest absolute Gasteiger partial charge is 0.316 e. The highest BCUT2D eigenvalue weighted by Gasteiger charge is 1.76. The monoisotopic (exact) mass is 135 g/mol.